The third-order valence-electron chi connectivity index (χ3n) is 15.9. The lowest BCUT2D eigenvalue weighted by atomic mass is 9.42. The molecule has 1 aliphatic carbocycles. The highest BCUT2D eigenvalue weighted by Crippen LogP contribution is 2.58. The Morgan fingerprint density at radius 3 is 1.53 bits per heavy atom. The maximum absolute atomic E-state index is 2.67. The van der Waals surface area contributed by atoms with Crippen LogP contribution in [0.1, 0.15) is 30.5 Å². The molecule has 14 rings (SSSR count). The molecule has 11 aromatic rings. The topological polar surface area (TPSA) is 9.72 Å². The van der Waals surface area contributed by atoms with Gasteiger partial charge in [0.2, 0.25) is 0 Å². The Bertz CT molecular complexity index is 3910. The highest BCUT2D eigenvalue weighted by molar-refractivity contribution is 6.93. The summed E-state index contributed by atoms with van der Waals surface area (Å²) in [5.41, 5.74) is 27.7. The lowest BCUT2D eigenvalue weighted by molar-refractivity contribution is 0.661. The summed E-state index contributed by atoms with van der Waals surface area (Å²) >= 11 is 0. The van der Waals surface area contributed by atoms with Crippen molar-refractivity contribution in [3.8, 4) is 55.6 Å². The molecular formula is C70H52BN3. The fourth-order valence-electron chi connectivity index (χ4n) is 12.5. The van der Waals surface area contributed by atoms with E-state index < -0.39 is 0 Å². The highest BCUT2D eigenvalue weighted by Gasteiger charge is 2.50. The second-order valence-electron chi connectivity index (χ2n) is 20.5. The predicted molar refractivity (Wildman–Crippen MR) is 313 cm³/mol. The molecular weight excluding hydrogens is 894 g/mol. The zero-order chi connectivity index (χ0) is 49.5. The maximum Gasteiger partial charge on any atom is 0.333 e. The van der Waals surface area contributed by atoms with E-state index in [4.69, 9.17) is 0 Å². The first-order valence-corrected chi connectivity index (χ1v) is 25.9. The number of para-hydroxylation sites is 2. The van der Waals surface area contributed by atoms with E-state index >= 15 is 0 Å². The number of rotatable bonds is 8. The van der Waals surface area contributed by atoms with Gasteiger partial charge in [0.1, 0.15) is 0 Å². The van der Waals surface area contributed by atoms with Crippen LogP contribution in [0.25, 0.3) is 55.6 Å². The Morgan fingerprint density at radius 1 is 0.378 bits per heavy atom. The Balaban J connectivity index is 1.12. The van der Waals surface area contributed by atoms with Crippen LogP contribution in [-0.4, -0.2) is 6.85 Å². The van der Waals surface area contributed by atoms with Gasteiger partial charge in [0.25, 0.3) is 0 Å². The summed E-state index contributed by atoms with van der Waals surface area (Å²) in [6.45, 7) is 6.96. The molecule has 3 nitrogen and oxygen atoms in total. The van der Waals surface area contributed by atoms with Crippen molar-refractivity contribution < 1.29 is 0 Å². The molecule has 0 unspecified atom stereocenters. The van der Waals surface area contributed by atoms with Crippen LogP contribution in [0.15, 0.2) is 261 Å². The van der Waals surface area contributed by atoms with E-state index in [1.165, 1.54) is 106 Å². The minimum Gasteiger partial charge on any atom is -0.376 e. The second-order valence-corrected chi connectivity index (χ2v) is 20.5. The van der Waals surface area contributed by atoms with E-state index in [1.807, 2.05) is 0 Å². The van der Waals surface area contributed by atoms with Crippen LogP contribution in [0, 0.1) is 6.92 Å². The number of hydrogen-bond donors (Lipinski definition) is 0. The standard InChI is InChI=1S/C70H52BN3/c1-47-42-52(49-24-11-5-12-25-49)36-39-64(47)73-66-41-38-56(72(54-29-15-7-16-30-54)55-31-17-8-18-32-55)45-63(66)71-68-61(46-60-58-34-19-20-35-62(58)70(2,3)67(60)69(68)73)59-44-53(50-26-13-6-14-27-50)37-40-65(59)74(71)57-33-21-28-51(43-57)48-22-9-4-10-23-48/h4-46H,1-3H3. The average Bonchev–Trinajstić information content (AvgIpc) is 3.77. The predicted octanol–water partition coefficient (Wildman–Crippen LogP) is 17.5. The molecule has 4 heteroatoms. The van der Waals surface area contributed by atoms with Crippen LogP contribution < -0.4 is 25.5 Å². The van der Waals surface area contributed by atoms with Crippen molar-refractivity contribution >= 4 is 63.3 Å². The zero-order valence-electron chi connectivity index (χ0n) is 41.7. The molecule has 0 radical (unpaired) electrons. The first kappa shape index (κ1) is 43.7. The molecule has 2 aliphatic heterocycles. The molecule has 3 aliphatic rings. The zero-order valence-corrected chi connectivity index (χ0v) is 41.7. The fourth-order valence-corrected chi connectivity index (χ4v) is 12.5. The van der Waals surface area contributed by atoms with E-state index in [0.29, 0.717) is 0 Å². The fraction of sp³-hybridized carbons (Fsp3) is 0.0571. The van der Waals surface area contributed by atoms with Crippen LogP contribution in [0.2, 0.25) is 0 Å². The van der Waals surface area contributed by atoms with Crippen LogP contribution in [0.4, 0.5) is 45.5 Å². The molecule has 0 atom stereocenters. The second kappa shape index (κ2) is 17.3. The summed E-state index contributed by atoms with van der Waals surface area (Å²) in [4.78, 5) is 7.74. The molecule has 350 valence electrons. The van der Waals surface area contributed by atoms with Crippen molar-refractivity contribution in [2.75, 3.05) is 14.6 Å². The normalized spacial score (nSPS) is 13.4. The molecule has 0 amide bonds. The molecule has 0 fully saturated rings. The minimum atomic E-state index is -0.323. The van der Waals surface area contributed by atoms with Crippen molar-refractivity contribution in [1.82, 2.24) is 0 Å². The molecule has 0 bridgehead atoms. The lowest BCUT2D eigenvalue weighted by Gasteiger charge is -2.48. The van der Waals surface area contributed by atoms with Gasteiger partial charge in [0, 0.05) is 56.5 Å². The number of hydrogen-bond acceptors (Lipinski definition) is 3. The Hall–Kier alpha value is -9.12. The van der Waals surface area contributed by atoms with Gasteiger partial charge in [-0.25, -0.2) is 0 Å². The van der Waals surface area contributed by atoms with Crippen molar-refractivity contribution in [2.45, 2.75) is 26.2 Å². The highest BCUT2D eigenvalue weighted by atomic mass is 15.2. The largest absolute Gasteiger partial charge is 0.376 e. The van der Waals surface area contributed by atoms with E-state index in [0.717, 1.165) is 22.7 Å². The number of aryl methyl sites for hydroxylation is 1. The summed E-state index contributed by atoms with van der Waals surface area (Å²) in [7, 11) is 0. The van der Waals surface area contributed by atoms with Gasteiger partial charge in [0.15, 0.2) is 0 Å². The van der Waals surface area contributed by atoms with Crippen molar-refractivity contribution in [2.24, 2.45) is 0 Å². The van der Waals surface area contributed by atoms with E-state index in [9.17, 15) is 0 Å². The van der Waals surface area contributed by atoms with Gasteiger partial charge in [-0.2, -0.15) is 0 Å². The van der Waals surface area contributed by atoms with Crippen LogP contribution >= 0.6 is 0 Å². The summed E-state index contributed by atoms with van der Waals surface area (Å²) < 4.78 is 0. The Morgan fingerprint density at radius 2 is 0.905 bits per heavy atom. The molecule has 0 spiro atoms. The van der Waals surface area contributed by atoms with Gasteiger partial charge in [-0.3, -0.25) is 0 Å². The van der Waals surface area contributed by atoms with Crippen LogP contribution in [-0.2, 0) is 5.41 Å². The monoisotopic (exact) mass is 945 g/mol. The Labute approximate surface area is 435 Å². The molecule has 74 heavy (non-hydrogen) atoms. The van der Waals surface area contributed by atoms with E-state index in [1.54, 1.807) is 0 Å². The molecule has 0 saturated carbocycles. The summed E-state index contributed by atoms with van der Waals surface area (Å²) in [6, 6.07) is 96.6. The van der Waals surface area contributed by atoms with Gasteiger partial charge in [-0.05, 0) is 170 Å². The molecule has 0 saturated heterocycles. The van der Waals surface area contributed by atoms with Crippen molar-refractivity contribution in [3.63, 3.8) is 0 Å². The number of fused-ring (bicyclic) bond motifs is 8. The summed E-state index contributed by atoms with van der Waals surface area (Å²) in [5, 5.41) is 0. The van der Waals surface area contributed by atoms with Gasteiger partial charge >= 0.3 is 6.85 Å². The molecule has 0 N–H and O–H groups in total. The first-order valence-electron chi connectivity index (χ1n) is 25.9. The van der Waals surface area contributed by atoms with Crippen molar-refractivity contribution in [3.05, 3.63) is 278 Å². The van der Waals surface area contributed by atoms with Gasteiger partial charge in [-0.15, -0.1) is 0 Å². The average molecular weight is 946 g/mol. The summed E-state index contributed by atoms with van der Waals surface area (Å²) in [5.74, 6) is 0. The van der Waals surface area contributed by atoms with Gasteiger partial charge in [0.05, 0.1) is 0 Å². The van der Waals surface area contributed by atoms with Gasteiger partial charge < -0.3 is 14.6 Å². The number of anilines is 8. The lowest BCUT2D eigenvalue weighted by Crippen LogP contribution is -2.62. The first-order chi connectivity index (χ1) is 36.4. The number of benzene rings is 11. The van der Waals surface area contributed by atoms with Crippen LogP contribution in [0.5, 0.6) is 0 Å². The maximum atomic E-state index is 2.67. The smallest absolute Gasteiger partial charge is 0.333 e. The van der Waals surface area contributed by atoms with Gasteiger partial charge in [-0.1, -0.05) is 190 Å². The third-order valence-corrected chi connectivity index (χ3v) is 15.9. The molecule has 11 aromatic carbocycles. The minimum absolute atomic E-state index is 0.227. The Kier molecular flexibility index (Phi) is 10.2. The SMILES string of the molecule is Cc1cc(-c2ccccc2)ccc1N1c2ccc(N(c3ccccc3)c3ccccc3)cc2B2c3c(cc4c(c31)C(C)(C)c1ccccc1-4)-c1cc(-c3ccccc3)ccc1N2c1cccc(-c2ccccc2)c1. The molecule has 2 heterocycles. The van der Waals surface area contributed by atoms with E-state index in [2.05, 4.69) is 296 Å². The third kappa shape index (κ3) is 6.90. The van der Waals surface area contributed by atoms with Crippen molar-refractivity contribution in [1.29, 1.82) is 0 Å². The quantitative estimate of drug-likeness (QED) is 0.141. The van der Waals surface area contributed by atoms with E-state index in [-0.39, 0.29) is 12.3 Å². The molecule has 0 aromatic heterocycles. The summed E-state index contributed by atoms with van der Waals surface area (Å²) in [6.07, 6.45) is 0. The number of nitrogens with zero attached hydrogens (tertiary/aromatic N) is 3. The van der Waals surface area contributed by atoms with Crippen LogP contribution in [0.3, 0.4) is 0 Å².